The molecule has 1 unspecified atom stereocenters. The van der Waals surface area contributed by atoms with E-state index >= 15 is 0 Å². The predicted molar refractivity (Wildman–Crippen MR) is 124 cm³/mol. The fourth-order valence-electron chi connectivity index (χ4n) is 7.23. The minimum atomic E-state index is -1.82. The van der Waals surface area contributed by atoms with Gasteiger partial charge in [-0.15, -0.1) is 0 Å². The Morgan fingerprint density at radius 2 is 1.85 bits per heavy atom. The summed E-state index contributed by atoms with van der Waals surface area (Å²) in [5, 5.41) is 24.1. The van der Waals surface area contributed by atoms with Crippen LogP contribution < -0.4 is 0 Å². The lowest BCUT2D eigenvalue weighted by molar-refractivity contribution is -0.186. The molecule has 0 aliphatic heterocycles. The average Bonchev–Trinajstić information content (AvgIpc) is 3.15. The van der Waals surface area contributed by atoms with Crippen LogP contribution in [0.5, 0.6) is 0 Å². The Morgan fingerprint density at radius 3 is 2.44 bits per heavy atom. The van der Waals surface area contributed by atoms with Gasteiger partial charge in [0.2, 0.25) is 0 Å². The molecule has 34 heavy (non-hydrogen) atoms. The Hall–Kier alpha value is -2.25. The summed E-state index contributed by atoms with van der Waals surface area (Å²) in [6.07, 6.45) is 5.63. The summed E-state index contributed by atoms with van der Waals surface area (Å²) >= 11 is 0. The van der Waals surface area contributed by atoms with Gasteiger partial charge in [0.25, 0.3) is 0 Å². The molecule has 7 heteroatoms. The Kier molecular flexibility index (Phi) is 5.57. The van der Waals surface area contributed by atoms with Gasteiger partial charge in [-0.2, -0.15) is 0 Å². The van der Waals surface area contributed by atoms with E-state index in [1.807, 2.05) is 26.8 Å². The summed E-state index contributed by atoms with van der Waals surface area (Å²) in [5.41, 5.74) is -2.95. The van der Waals surface area contributed by atoms with Crippen molar-refractivity contribution in [1.29, 1.82) is 0 Å². The Morgan fingerprint density at radius 1 is 1.21 bits per heavy atom. The molecule has 0 saturated heterocycles. The second-order valence-electron chi connectivity index (χ2n) is 11.3. The highest BCUT2D eigenvalue weighted by atomic mass is 16.6. The number of carbonyl (C=O) groups is 3. The number of rotatable bonds is 4. The molecular weight excluding hydrogens is 436 g/mol. The van der Waals surface area contributed by atoms with E-state index in [0.717, 1.165) is 0 Å². The van der Waals surface area contributed by atoms with Gasteiger partial charge in [-0.05, 0) is 44.3 Å². The maximum atomic E-state index is 13.2. The Labute approximate surface area is 200 Å². The largest absolute Gasteiger partial charge is 0.458 e. The first-order valence-electron chi connectivity index (χ1n) is 12.0. The molecule has 186 valence electrons. The molecule has 0 bridgehead atoms. The lowest BCUT2D eigenvalue weighted by Crippen LogP contribution is -2.61. The number of Topliss-reactive ketones (excluding diaryl/α,β-unsaturated/α-hetero) is 1. The molecule has 2 saturated carbocycles. The number of ether oxygens (including phenoxy) is 2. The third-order valence-corrected chi connectivity index (χ3v) is 9.14. The van der Waals surface area contributed by atoms with Crippen molar-refractivity contribution >= 4 is 17.7 Å². The minimum absolute atomic E-state index is 0.0360. The van der Waals surface area contributed by atoms with Crippen molar-refractivity contribution in [3.8, 4) is 0 Å². The summed E-state index contributed by atoms with van der Waals surface area (Å²) in [7, 11) is 0. The number of hydrogen-bond acceptors (Lipinski definition) is 7. The van der Waals surface area contributed by atoms with E-state index in [0.29, 0.717) is 23.1 Å². The molecule has 0 aromatic rings. The molecule has 7 nitrogen and oxygen atoms in total. The molecule has 7 atom stereocenters. The molecule has 4 aliphatic carbocycles. The number of carbonyl (C=O) groups excluding carboxylic acids is 3. The van der Waals surface area contributed by atoms with Crippen LogP contribution in [0.1, 0.15) is 61.3 Å². The zero-order valence-electron chi connectivity index (χ0n) is 21.1. The molecule has 4 aliphatic rings. The standard InChI is InChI=1S/C27H36O7/c1-8-14(2)23(30)33-13-18-10-19-21-24(6,7)26(21,34-17(5)28)11-16(4)27(19,32)20-9-15(3)22(29)25(20,31)12-18/h8-10,16,19-21,31-32H,11-13H2,1-7H3/b14-8+/t16-,19+,20?,21-,25-,26+,27-/m1/s1. The number of fused-ring (bicyclic) bond motifs is 5. The highest BCUT2D eigenvalue weighted by Gasteiger charge is 2.83. The normalized spacial score (nSPS) is 42.4. The van der Waals surface area contributed by atoms with E-state index in [-0.39, 0.29) is 30.8 Å². The Bertz CT molecular complexity index is 1050. The Balaban J connectivity index is 1.82. The van der Waals surface area contributed by atoms with Gasteiger partial charge in [0.1, 0.15) is 17.8 Å². The van der Waals surface area contributed by atoms with Crippen LogP contribution in [0.25, 0.3) is 0 Å². The van der Waals surface area contributed by atoms with Crippen LogP contribution in [-0.4, -0.2) is 51.3 Å². The van der Waals surface area contributed by atoms with E-state index in [4.69, 9.17) is 9.47 Å². The monoisotopic (exact) mass is 472 g/mol. The molecule has 0 aromatic carbocycles. The van der Waals surface area contributed by atoms with Crippen molar-refractivity contribution in [3.63, 3.8) is 0 Å². The summed E-state index contributed by atoms with van der Waals surface area (Å²) in [4.78, 5) is 37.5. The third kappa shape index (κ3) is 3.12. The molecule has 0 heterocycles. The zero-order valence-corrected chi connectivity index (χ0v) is 21.1. The van der Waals surface area contributed by atoms with E-state index in [1.54, 1.807) is 32.9 Å². The molecule has 0 radical (unpaired) electrons. The number of ketones is 1. The second-order valence-corrected chi connectivity index (χ2v) is 11.3. The van der Waals surface area contributed by atoms with E-state index < -0.39 is 45.8 Å². The maximum absolute atomic E-state index is 13.2. The summed E-state index contributed by atoms with van der Waals surface area (Å²) in [5.74, 6) is -3.16. The minimum Gasteiger partial charge on any atom is -0.458 e. The van der Waals surface area contributed by atoms with Crippen molar-refractivity contribution in [2.75, 3.05) is 6.61 Å². The van der Waals surface area contributed by atoms with E-state index in [1.165, 1.54) is 6.92 Å². The van der Waals surface area contributed by atoms with Crippen molar-refractivity contribution in [3.05, 3.63) is 34.9 Å². The van der Waals surface area contributed by atoms with Gasteiger partial charge in [-0.25, -0.2) is 4.79 Å². The van der Waals surface area contributed by atoms with Crippen LogP contribution >= 0.6 is 0 Å². The molecule has 2 fully saturated rings. The summed E-state index contributed by atoms with van der Waals surface area (Å²) < 4.78 is 11.4. The first kappa shape index (κ1) is 24.9. The van der Waals surface area contributed by atoms with Crippen molar-refractivity contribution in [2.24, 2.45) is 29.1 Å². The van der Waals surface area contributed by atoms with Crippen molar-refractivity contribution in [1.82, 2.24) is 0 Å². The van der Waals surface area contributed by atoms with Crippen LogP contribution in [0, 0.1) is 29.1 Å². The van der Waals surface area contributed by atoms with Crippen molar-refractivity contribution < 1.29 is 34.1 Å². The molecule has 0 spiro atoms. The zero-order chi connectivity index (χ0) is 25.4. The number of esters is 2. The van der Waals surface area contributed by atoms with Gasteiger partial charge >= 0.3 is 11.9 Å². The molecule has 4 rings (SSSR count). The third-order valence-electron chi connectivity index (χ3n) is 9.14. The van der Waals surface area contributed by atoms with Gasteiger partial charge in [0.15, 0.2) is 5.78 Å². The molecule has 0 amide bonds. The smallest absolute Gasteiger partial charge is 0.333 e. The van der Waals surface area contributed by atoms with Crippen LogP contribution in [0.2, 0.25) is 0 Å². The van der Waals surface area contributed by atoms with Crippen LogP contribution in [0.3, 0.4) is 0 Å². The van der Waals surface area contributed by atoms with Crippen LogP contribution in [0.15, 0.2) is 34.9 Å². The number of aliphatic hydroxyl groups is 2. The fraction of sp³-hybridized carbons (Fsp3) is 0.667. The van der Waals surface area contributed by atoms with Gasteiger partial charge in [0.05, 0.1) is 5.60 Å². The highest BCUT2D eigenvalue weighted by molar-refractivity contribution is 6.04. The van der Waals surface area contributed by atoms with E-state index in [9.17, 15) is 24.6 Å². The van der Waals surface area contributed by atoms with Gasteiger partial charge < -0.3 is 19.7 Å². The van der Waals surface area contributed by atoms with Gasteiger partial charge in [-0.1, -0.05) is 39.0 Å². The first-order valence-corrected chi connectivity index (χ1v) is 12.0. The second kappa shape index (κ2) is 7.62. The molecule has 0 aromatic heterocycles. The summed E-state index contributed by atoms with van der Waals surface area (Å²) in [6.45, 7) is 12.3. The molecule has 2 N–H and O–H groups in total. The van der Waals surface area contributed by atoms with Crippen LogP contribution in [-0.2, 0) is 23.9 Å². The quantitative estimate of drug-likeness (QED) is 0.368. The summed E-state index contributed by atoms with van der Waals surface area (Å²) in [6, 6.07) is 0. The highest BCUT2D eigenvalue weighted by Crippen LogP contribution is 2.76. The number of allylic oxidation sites excluding steroid dienone is 1. The van der Waals surface area contributed by atoms with E-state index in [2.05, 4.69) is 0 Å². The lowest BCUT2D eigenvalue weighted by Gasteiger charge is -2.50. The van der Waals surface area contributed by atoms with Crippen LogP contribution in [0.4, 0.5) is 0 Å². The lowest BCUT2D eigenvalue weighted by atomic mass is 9.60. The number of hydrogen-bond donors (Lipinski definition) is 2. The topological polar surface area (TPSA) is 110 Å². The van der Waals surface area contributed by atoms with Crippen molar-refractivity contribution in [2.45, 2.75) is 78.1 Å². The predicted octanol–water partition coefficient (Wildman–Crippen LogP) is 3.05. The fourth-order valence-corrected chi connectivity index (χ4v) is 7.23. The first-order chi connectivity index (χ1) is 15.7. The van der Waals surface area contributed by atoms with Gasteiger partial charge in [-0.3, -0.25) is 9.59 Å². The molecular formula is C27H36O7. The SMILES string of the molecule is C/C=C(\C)C(=O)OCC1=C[C@H]2[C@@H]3C(C)(C)[C@]3(OC(C)=O)C[C@@H](C)[C@]2(O)C2C=C(C)C(=O)[C@@]2(O)C1. The average molecular weight is 473 g/mol. The van der Waals surface area contributed by atoms with Gasteiger partial charge in [0, 0.05) is 42.1 Å². The maximum Gasteiger partial charge on any atom is 0.333 e.